The van der Waals surface area contributed by atoms with Crippen molar-refractivity contribution in [3.8, 4) is 11.3 Å². The molecular weight excluding hydrogens is 388 g/mol. The lowest BCUT2D eigenvalue weighted by molar-refractivity contribution is 0.271. The maximum Gasteiger partial charge on any atom is 0.137 e. The third kappa shape index (κ3) is 4.97. The van der Waals surface area contributed by atoms with Gasteiger partial charge >= 0.3 is 0 Å². The molecule has 158 valence electrons. The maximum atomic E-state index is 5.15. The molecule has 30 heavy (non-hydrogen) atoms. The molecule has 2 aromatic carbocycles. The van der Waals surface area contributed by atoms with E-state index in [1.807, 2.05) is 0 Å². The summed E-state index contributed by atoms with van der Waals surface area (Å²) in [7, 11) is 0. The van der Waals surface area contributed by atoms with Gasteiger partial charge in [0, 0.05) is 49.4 Å². The molecule has 0 amide bonds. The Labute approximate surface area is 184 Å². The maximum absolute atomic E-state index is 5.15. The zero-order valence-corrected chi connectivity index (χ0v) is 18.9. The van der Waals surface area contributed by atoms with Gasteiger partial charge in [-0.05, 0) is 30.0 Å². The molecule has 3 aromatic rings. The van der Waals surface area contributed by atoms with Gasteiger partial charge in [-0.25, -0.2) is 4.98 Å². The van der Waals surface area contributed by atoms with E-state index in [-0.39, 0.29) is 0 Å². The molecule has 1 fully saturated rings. The van der Waals surface area contributed by atoms with Crippen LogP contribution >= 0.6 is 11.9 Å². The monoisotopic (exact) mass is 420 g/mol. The summed E-state index contributed by atoms with van der Waals surface area (Å²) in [6.07, 6.45) is 1.16. The van der Waals surface area contributed by atoms with Crippen LogP contribution in [0.4, 0.5) is 5.82 Å². The zero-order chi connectivity index (χ0) is 20.8. The van der Waals surface area contributed by atoms with Gasteiger partial charge in [-0.15, -0.1) is 0 Å². The predicted molar refractivity (Wildman–Crippen MR) is 131 cm³/mol. The second-order valence-corrected chi connectivity index (χ2v) is 8.72. The number of hydrogen-bond donors (Lipinski definition) is 1. The van der Waals surface area contributed by atoms with Crippen molar-refractivity contribution in [2.45, 2.75) is 26.0 Å². The molecule has 0 aliphatic carbocycles. The number of aromatic nitrogens is 1. The fourth-order valence-electron chi connectivity index (χ4n) is 3.93. The molecule has 5 heteroatoms. The predicted octanol–water partition coefficient (Wildman–Crippen LogP) is 5.19. The van der Waals surface area contributed by atoms with Gasteiger partial charge in [0.05, 0.1) is 5.69 Å². The summed E-state index contributed by atoms with van der Waals surface area (Å²) in [5.74, 6) is 2.11. The Bertz CT molecular complexity index is 949. The quantitative estimate of drug-likeness (QED) is 0.400. The van der Waals surface area contributed by atoms with Crippen molar-refractivity contribution >= 4 is 28.5 Å². The first kappa shape index (κ1) is 21.2. The molecule has 0 saturated carbocycles. The van der Waals surface area contributed by atoms with Gasteiger partial charge < -0.3 is 9.80 Å². The molecule has 0 bridgehead atoms. The lowest BCUT2D eigenvalue weighted by Gasteiger charge is -2.35. The smallest absolute Gasteiger partial charge is 0.137 e. The molecule has 1 saturated heterocycles. The molecule has 2 heterocycles. The Kier molecular flexibility index (Phi) is 7.26. The van der Waals surface area contributed by atoms with E-state index in [1.165, 1.54) is 21.9 Å². The van der Waals surface area contributed by atoms with E-state index in [0.29, 0.717) is 0 Å². The Hall–Kier alpha value is -2.08. The standard InChI is InChI=1S/C25H32N4S/c1-3-13-26-30-19-20-9-11-21(12-10-20)24-18-22-7-5-6-8-23(22)25(27-24)29-16-14-28(4-2)15-17-29/h5-12,18,26H,3-4,13-17,19H2,1-2H3. The summed E-state index contributed by atoms with van der Waals surface area (Å²) in [5, 5.41) is 2.51. The number of anilines is 1. The summed E-state index contributed by atoms with van der Waals surface area (Å²) >= 11 is 1.78. The molecule has 4 nitrogen and oxygen atoms in total. The number of likely N-dealkylation sites (N-methyl/N-ethyl adjacent to an activating group) is 1. The Morgan fingerprint density at radius 3 is 2.47 bits per heavy atom. The Balaban J connectivity index is 1.59. The molecule has 1 aliphatic heterocycles. The van der Waals surface area contributed by atoms with Crippen molar-refractivity contribution in [2.24, 2.45) is 0 Å². The minimum absolute atomic E-state index is 0.985. The summed E-state index contributed by atoms with van der Waals surface area (Å²) in [4.78, 5) is 10.1. The van der Waals surface area contributed by atoms with Crippen molar-refractivity contribution in [3.63, 3.8) is 0 Å². The molecule has 4 rings (SSSR count). The van der Waals surface area contributed by atoms with Crippen LogP contribution in [0.2, 0.25) is 0 Å². The highest BCUT2D eigenvalue weighted by atomic mass is 32.2. The van der Waals surface area contributed by atoms with E-state index in [1.54, 1.807) is 11.9 Å². The molecule has 1 N–H and O–H groups in total. The zero-order valence-electron chi connectivity index (χ0n) is 18.1. The van der Waals surface area contributed by atoms with Crippen molar-refractivity contribution in [1.29, 1.82) is 0 Å². The highest BCUT2D eigenvalue weighted by Crippen LogP contribution is 2.31. The number of piperazine rings is 1. The van der Waals surface area contributed by atoms with Crippen LogP contribution in [0.5, 0.6) is 0 Å². The second kappa shape index (κ2) is 10.3. The van der Waals surface area contributed by atoms with Crippen LogP contribution in [0, 0.1) is 0 Å². The van der Waals surface area contributed by atoms with Gasteiger partial charge in [0.2, 0.25) is 0 Å². The van der Waals surface area contributed by atoms with Gasteiger partial charge in [0.15, 0.2) is 0 Å². The molecular formula is C25H32N4S. The third-order valence-electron chi connectivity index (χ3n) is 5.78. The van der Waals surface area contributed by atoms with E-state index in [0.717, 1.165) is 63.0 Å². The molecule has 1 aromatic heterocycles. The number of rotatable bonds is 8. The highest BCUT2D eigenvalue weighted by molar-refractivity contribution is 7.96. The molecule has 0 spiro atoms. The number of benzene rings is 2. The Morgan fingerprint density at radius 2 is 1.73 bits per heavy atom. The minimum Gasteiger partial charge on any atom is -0.354 e. The first-order valence-corrected chi connectivity index (χ1v) is 12.1. The number of hydrogen-bond acceptors (Lipinski definition) is 5. The fraction of sp³-hybridized carbons (Fsp3) is 0.400. The van der Waals surface area contributed by atoms with E-state index >= 15 is 0 Å². The first-order valence-electron chi connectivity index (χ1n) is 11.1. The van der Waals surface area contributed by atoms with E-state index in [2.05, 4.69) is 83.0 Å². The van der Waals surface area contributed by atoms with Crippen LogP contribution in [0.1, 0.15) is 25.8 Å². The molecule has 0 radical (unpaired) electrons. The van der Waals surface area contributed by atoms with Crippen LogP contribution < -0.4 is 9.62 Å². The summed E-state index contributed by atoms with van der Waals surface area (Å²) in [6.45, 7) is 10.9. The van der Waals surface area contributed by atoms with Crippen LogP contribution in [0.15, 0.2) is 54.6 Å². The van der Waals surface area contributed by atoms with E-state index < -0.39 is 0 Å². The van der Waals surface area contributed by atoms with Crippen molar-refractivity contribution in [3.05, 3.63) is 60.2 Å². The first-order chi connectivity index (χ1) is 14.8. The summed E-state index contributed by atoms with van der Waals surface area (Å²) in [5.41, 5.74) is 3.58. The van der Waals surface area contributed by atoms with Gasteiger partial charge in [0.25, 0.3) is 0 Å². The SMILES string of the molecule is CCCNSCc1ccc(-c2cc3ccccc3c(N3CCN(CC)CC3)n2)cc1. The third-order valence-corrected chi connectivity index (χ3v) is 6.67. The van der Waals surface area contributed by atoms with Gasteiger partial charge in [-0.2, -0.15) is 0 Å². The topological polar surface area (TPSA) is 31.4 Å². The summed E-state index contributed by atoms with van der Waals surface area (Å²) < 4.78 is 3.40. The molecule has 0 unspecified atom stereocenters. The van der Waals surface area contributed by atoms with Crippen LogP contribution in [0.25, 0.3) is 22.0 Å². The van der Waals surface area contributed by atoms with Crippen LogP contribution in [0.3, 0.4) is 0 Å². The van der Waals surface area contributed by atoms with Crippen molar-refractivity contribution < 1.29 is 0 Å². The number of pyridine rings is 1. The normalized spacial score (nSPS) is 15.1. The van der Waals surface area contributed by atoms with Gasteiger partial charge in [0.1, 0.15) is 5.82 Å². The lowest BCUT2D eigenvalue weighted by Crippen LogP contribution is -2.46. The average molecular weight is 421 g/mol. The van der Waals surface area contributed by atoms with Crippen LogP contribution in [-0.4, -0.2) is 49.2 Å². The van der Waals surface area contributed by atoms with E-state index in [4.69, 9.17) is 4.98 Å². The van der Waals surface area contributed by atoms with E-state index in [9.17, 15) is 0 Å². The van der Waals surface area contributed by atoms with Crippen LogP contribution in [-0.2, 0) is 5.75 Å². The second-order valence-electron chi connectivity index (χ2n) is 7.85. The minimum atomic E-state index is 0.985. The molecule has 1 aliphatic rings. The lowest BCUT2D eigenvalue weighted by atomic mass is 10.0. The Morgan fingerprint density at radius 1 is 0.967 bits per heavy atom. The largest absolute Gasteiger partial charge is 0.354 e. The fourth-order valence-corrected chi connectivity index (χ4v) is 4.74. The van der Waals surface area contributed by atoms with Gasteiger partial charge in [-0.3, -0.25) is 4.72 Å². The molecule has 0 atom stereocenters. The van der Waals surface area contributed by atoms with Crippen molar-refractivity contribution in [1.82, 2.24) is 14.6 Å². The number of fused-ring (bicyclic) bond motifs is 1. The average Bonchev–Trinajstić information content (AvgIpc) is 2.81. The van der Waals surface area contributed by atoms with Gasteiger partial charge in [-0.1, -0.05) is 74.3 Å². The number of nitrogens with zero attached hydrogens (tertiary/aromatic N) is 3. The number of nitrogens with one attached hydrogen (secondary N) is 1. The highest BCUT2D eigenvalue weighted by Gasteiger charge is 2.19. The summed E-state index contributed by atoms with van der Waals surface area (Å²) in [6, 6.07) is 19.8. The van der Waals surface area contributed by atoms with Crippen molar-refractivity contribution in [2.75, 3.05) is 44.2 Å².